The molecule has 0 bridgehead atoms. The molecule has 0 unspecified atom stereocenters. The molecule has 0 aliphatic carbocycles. The lowest BCUT2D eigenvalue weighted by Crippen LogP contribution is -1.94. The maximum Gasteiger partial charge on any atom is 0.169 e. The van der Waals surface area contributed by atoms with E-state index in [1.807, 2.05) is 31.2 Å². The number of hydrogen-bond donors (Lipinski definition) is 0. The van der Waals surface area contributed by atoms with Crippen molar-refractivity contribution >= 4 is 22.2 Å². The fourth-order valence-electron chi connectivity index (χ4n) is 1.94. The van der Waals surface area contributed by atoms with Crippen LogP contribution in [0, 0.1) is 6.92 Å². The van der Waals surface area contributed by atoms with Crippen LogP contribution in [0.2, 0.25) is 0 Å². The van der Waals surface area contributed by atoms with Crippen molar-refractivity contribution in [1.82, 2.24) is 9.78 Å². The van der Waals surface area contributed by atoms with Crippen molar-refractivity contribution in [3.63, 3.8) is 0 Å². The highest BCUT2D eigenvalue weighted by Crippen LogP contribution is 2.26. The van der Waals surface area contributed by atoms with Crippen LogP contribution in [0.4, 0.5) is 0 Å². The molecule has 1 aromatic carbocycles. The second-order valence-electron chi connectivity index (χ2n) is 4.43. The lowest BCUT2D eigenvalue weighted by atomic mass is 10.2. The molecule has 0 atom stereocenters. The molecule has 100 valence electrons. The number of hydrogen-bond acceptors (Lipinski definition) is 3. The van der Waals surface area contributed by atoms with E-state index in [9.17, 15) is 4.79 Å². The molecule has 3 aromatic rings. The van der Waals surface area contributed by atoms with Gasteiger partial charge in [0.05, 0.1) is 11.3 Å². The van der Waals surface area contributed by atoms with E-state index in [0.29, 0.717) is 21.7 Å². The van der Waals surface area contributed by atoms with Crippen LogP contribution in [-0.4, -0.2) is 16.1 Å². The molecular formula is C15H11BrN2O2. The van der Waals surface area contributed by atoms with Gasteiger partial charge in [-0.15, -0.1) is 0 Å². The summed E-state index contributed by atoms with van der Waals surface area (Å²) in [7, 11) is 0. The van der Waals surface area contributed by atoms with Gasteiger partial charge in [-0.05, 0) is 47.1 Å². The highest BCUT2D eigenvalue weighted by atomic mass is 79.9. The Kier molecular flexibility index (Phi) is 3.28. The zero-order chi connectivity index (χ0) is 14.1. The van der Waals surface area contributed by atoms with Gasteiger partial charge in [-0.3, -0.25) is 4.79 Å². The third kappa shape index (κ3) is 2.32. The summed E-state index contributed by atoms with van der Waals surface area (Å²) in [5.74, 6) is 0.560. The summed E-state index contributed by atoms with van der Waals surface area (Å²) in [5.41, 5.74) is 3.10. The minimum atomic E-state index is 0.493. The minimum Gasteiger partial charge on any atom is -0.448 e. The Morgan fingerprint density at radius 2 is 1.95 bits per heavy atom. The van der Waals surface area contributed by atoms with E-state index in [-0.39, 0.29) is 0 Å². The van der Waals surface area contributed by atoms with E-state index < -0.39 is 0 Å². The van der Waals surface area contributed by atoms with Crippen molar-refractivity contribution in [2.24, 2.45) is 0 Å². The number of nitrogens with zero attached hydrogens (tertiary/aromatic N) is 2. The number of aromatic nitrogens is 2. The van der Waals surface area contributed by atoms with Crippen LogP contribution in [0.1, 0.15) is 15.9 Å². The Morgan fingerprint density at radius 3 is 2.55 bits per heavy atom. The topological polar surface area (TPSA) is 48.0 Å². The zero-order valence-corrected chi connectivity index (χ0v) is 12.3. The number of aryl methyl sites for hydroxylation is 1. The summed E-state index contributed by atoms with van der Waals surface area (Å²) in [6, 6.07) is 11.5. The van der Waals surface area contributed by atoms with Gasteiger partial charge < -0.3 is 4.42 Å². The quantitative estimate of drug-likeness (QED) is 0.681. The lowest BCUT2D eigenvalue weighted by Gasteiger charge is -2.00. The van der Waals surface area contributed by atoms with Gasteiger partial charge in [-0.25, -0.2) is 4.68 Å². The number of carbonyl (C=O) groups excluding carboxylic acids is 1. The van der Waals surface area contributed by atoms with E-state index in [4.69, 9.17) is 4.42 Å². The summed E-state index contributed by atoms with van der Waals surface area (Å²) in [4.78, 5) is 11.2. The van der Waals surface area contributed by atoms with Crippen molar-refractivity contribution in [1.29, 1.82) is 0 Å². The zero-order valence-electron chi connectivity index (χ0n) is 10.7. The number of carbonyl (C=O) groups is 1. The van der Waals surface area contributed by atoms with Gasteiger partial charge in [-0.2, -0.15) is 5.10 Å². The maximum absolute atomic E-state index is 11.2. The van der Waals surface area contributed by atoms with Crippen molar-refractivity contribution in [2.75, 3.05) is 0 Å². The summed E-state index contributed by atoms with van der Waals surface area (Å²) in [6.07, 6.45) is 2.48. The second-order valence-corrected chi connectivity index (χ2v) is 5.22. The van der Waals surface area contributed by atoms with Gasteiger partial charge in [0.15, 0.2) is 16.7 Å². The van der Waals surface area contributed by atoms with Gasteiger partial charge in [0, 0.05) is 6.20 Å². The van der Waals surface area contributed by atoms with Crippen LogP contribution < -0.4 is 0 Å². The first-order chi connectivity index (χ1) is 9.67. The van der Waals surface area contributed by atoms with E-state index in [1.54, 1.807) is 23.0 Å². The molecule has 0 spiro atoms. The molecule has 4 nitrogen and oxygen atoms in total. The van der Waals surface area contributed by atoms with Gasteiger partial charge in [-0.1, -0.05) is 17.7 Å². The number of aldehydes is 1. The first-order valence-electron chi connectivity index (χ1n) is 6.05. The summed E-state index contributed by atoms with van der Waals surface area (Å²) >= 11 is 3.25. The molecule has 0 saturated heterocycles. The number of rotatable bonds is 3. The minimum absolute atomic E-state index is 0.493. The van der Waals surface area contributed by atoms with Gasteiger partial charge in [0.2, 0.25) is 0 Å². The summed E-state index contributed by atoms with van der Waals surface area (Å²) < 4.78 is 7.74. The Hall–Kier alpha value is -2.14. The molecular weight excluding hydrogens is 320 g/mol. The Labute approximate surface area is 124 Å². The third-order valence-electron chi connectivity index (χ3n) is 2.97. The van der Waals surface area contributed by atoms with Crippen LogP contribution in [0.3, 0.4) is 0 Å². The van der Waals surface area contributed by atoms with Gasteiger partial charge in [0.1, 0.15) is 5.69 Å². The normalized spacial score (nSPS) is 10.7. The van der Waals surface area contributed by atoms with Crippen LogP contribution in [-0.2, 0) is 0 Å². The Bertz CT molecular complexity index is 757. The van der Waals surface area contributed by atoms with Crippen LogP contribution >= 0.6 is 15.9 Å². The second kappa shape index (κ2) is 5.09. The Balaban J connectivity index is 2.09. The first kappa shape index (κ1) is 12.9. The maximum atomic E-state index is 11.2. The third-order valence-corrected chi connectivity index (χ3v) is 3.40. The molecule has 0 N–H and O–H groups in total. The smallest absolute Gasteiger partial charge is 0.169 e. The van der Waals surface area contributed by atoms with Gasteiger partial charge in [0.25, 0.3) is 0 Å². The highest BCUT2D eigenvalue weighted by molar-refractivity contribution is 9.10. The highest BCUT2D eigenvalue weighted by Gasteiger charge is 2.14. The van der Waals surface area contributed by atoms with Gasteiger partial charge >= 0.3 is 0 Å². The molecule has 0 fully saturated rings. The summed E-state index contributed by atoms with van der Waals surface area (Å²) in [5, 5.41) is 4.44. The van der Waals surface area contributed by atoms with E-state index in [0.717, 1.165) is 12.0 Å². The molecule has 2 heterocycles. The molecule has 2 aromatic heterocycles. The largest absolute Gasteiger partial charge is 0.448 e. The van der Waals surface area contributed by atoms with E-state index >= 15 is 0 Å². The standard InChI is InChI=1S/C15H11BrN2O2/c1-10-2-4-12(5-3-10)18-8-11(9-19)15(17-18)13-6-7-14(16)20-13/h2-9H,1H3. The number of halogens is 1. The molecule has 0 aliphatic heterocycles. The predicted molar refractivity (Wildman–Crippen MR) is 79.1 cm³/mol. The first-order valence-corrected chi connectivity index (χ1v) is 6.84. The van der Waals surface area contributed by atoms with E-state index in [2.05, 4.69) is 21.0 Å². The Morgan fingerprint density at radius 1 is 1.20 bits per heavy atom. The van der Waals surface area contributed by atoms with Crippen molar-refractivity contribution in [3.05, 3.63) is 58.4 Å². The van der Waals surface area contributed by atoms with Crippen molar-refractivity contribution in [3.8, 4) is 17.1 Å². The predicted octanol–water partition coefficient (Wildman–Crippen LogP) is 4.02. The molecule has 0 radical (unpaired) electrons. The fourth-order valence-corrected chi connectivity index (χ4v) is 2.24. The van der Waals surface area contributed by atoms with E-state index in [1.165, 1.54) is 5.56 Å². The monoisotopic (exact) mass is 330 g/mol. The summed E-state index contributed by atoms with van der Waals surface area (Å²) in [6.45, 7) is 2.02. The molecule has 0 saturated carbocycles. The lowest BCUT2D eigenvalue weighted by molar-refractivity contribution is 0.112. The van der Waals surface area contributed by atoms with Crippen LogP contribution in [0.5, 0.6) is 0 Å². The van der Waals surface area contributed by atoms with Crippen molar-refractivity contribution in [2.45, 2.75) is 6.92 Å². The molecule has 0 aliphatic rings. The SMILES string of the molecule is Cc1ccc(-n2cc(C=O)c(-c3ccc(Br)o3)n2)cc1. The molecule has 5 heteroatoms. The molecule has 0 amide bonds. The average Bonchev–Trinajstić information content (AvgIpc) is 3.05. The number of furan rings is 1. The molecule has 20 heavy (non-hydrogen) atoms. The average molecular weight is 331 g/mol. The number of benzene rings is 1. The van der Waals surface area contributed by atoms with Crippen molar-refractivity contribution < 1.29 is 9.21 Å². The van der Waals surface area contributed by atoms with Crippen LogP contribution in [0.15, 0.2) is 51.7 Å². The molecule has 3 rings (SSSR count). The fraction of sp³-hybridized carbons (Fsp3) is 0.0667. The van der Waals surface area contributed by atoms with Crippen LogP contribution in [0.25, 0.3) is 17.1 Å².